The Kier molecular flexibility index (Phi) is 6.37. The van der Waals surface area contributed by atoms with Crippen molar-refractivity contribution in [3.63, 3.8) is 0 Å². The van der Waals surface area contributed by atoms with Gasteiger partial charge in [0.2, 0.25) is 5.52 Å². The Bertz CT molecular complexity index is 1160. The van der Waals surface area contributed by atoms with Crippen LogP contribution in [0.2, 0.25) is 0 Å². The van der Waals surface area contributed by atoms with E-state index in [9.17, 15) is 0 Å². The van der Waals surface area contributed by atoms with Crippen molar-refractivity contribution in [2.45, 2.75) is 23.6 Å². The Hall–Kier alpha value is -1.94. The quantitative estimate of drug-likeness (QED) is 0.234. The first-order valence-corrected chi connectivity index (χ1v) is 13.0. The van der Waals surface area contributed by atoms with Gasteiger partial charge in [-0.1, -0.05) is 47.4 Å². The van der Waals surface area contributed by atoms with Crippen molar-refractivity contribution >= 4 is 45.1 Å². The predicted octanol–water partition coefficient (Wildman–Crippen LogP) is 3.93. The molecule has 6 nitrogen and oxygen atoms in total. The number of epoxide rings is 2. The average Bonchev–Trinajstić information content (AvgIpc) is 3.76. The highest BCUT2D eigenvalue weighted by atomic mass is 32.2. The van der Waals surface area contributed by atoms with Crippen molar-refractivity contribution < 1.29 is 23.5 Å². The number of benzene rings is 2. The molecule has 0 aliphatic carbocycles. The van der Waals surface area contributed by atoms with Crippen LogP contribution in [0.4, 0.5) is 5.69 Å². The Labute approximate surface area is 201 Å². The molecule has 2 atom stereocenters. The van der Waals surface area contributed by atoms with Crippen molar-refractivity contribution in [2.75, 3.05) is 51.1 Å². The first-order valence-electron chi connectivity index (χ1n) is 11.4. The summed E-state index contributed by atoms with van der Waals surface area (Å²) < 4.78 is 25.9. The van der Waals surface area contributed by atoms with Crippen molar-refractivity contribution in [1.29, 1.82) is 0 Å². The highest BCUT2D eigenvalue weighted by Gasteiger charge is 2.28. The maximum Gasteiger partial charge on any atom is 0.265 e. The first-order chi connectivity index (χ1) is 16.3. The minimum absolute atomic E-state index is 0.298. The summed E-state index contributed by atoms with van der Waals surface area (Å²) in [5.41, 5.74) is 2.50. The van der Waals surface area contributed by atoms with Crippen LogP contribution in [0.15, 0.2) is 58.5 Å². The SMILES string of the molecule is C(=C1Sc2ccccc2N1CCOCC1CO1)c1sc2ccccc2[n+]1CCOCC1CO1. The molecule has 3 aromatic rings. The average molecular weight is 484 g/mol. The molecule has 3 aliphatic rings. The number of hydrogen-bond acceptors (Lipinski definition) is 7. The molecule has 3 aliphatic heterocycles. The van der Waals surface area contributed by atoms with Crippen LogP contribution < -0.4 is 9.47 Å². The number of fused-ring (bicyclic) bond motifs is 2. The minimum atomic E-state index is 0.298. The smallest absolute Gasteiger partial charge is 0.265 e. The van der Waals surface area contributed by atoms with Crippen molar-refractivity contribution in [3.8, 4) is 0 Å². The third-order valence-corrected chi connectivity index (χ3v) is 8.08. The number of aromatic nitrogens is 1. The van der Waals surface area contributed by atoms with Gasteiger partial charge in [0, 0.05) is 17.5 Å². The molecule has 1 aromatic heterocycles. The van der Waals surface area contributed by atoms with Crippen molar-refractivity contribution in [2.24, 2.45) is 0 Å². The monoisotopic (exact) mass is 483 g/mol. The zero-order valence-electron chi connectivity index (χ0n) is 18.4. The van der Waals surface area contributed by atoms with Crippen molar-refractivity contribution in [1.82, 2.24) is 0 Å². The molecule has 0 radical (unpaired) electrons. The second-order valence-corrected chi connectivity index (χ2v) is 10.4. The second kappa shape index (κ2) is 9.74. The van der Waals surface area contributed by atoms with E-state index in [1.54, 1.807) is 0 Å². The molecule has 33 heavy (non-hydrogen) atoms. The van der Waals surface area contributed by atoms with E-state index in [2.05, 4.69) is 64.1 Å². The first kappa shape index (κ1) is 21.6. The van der Waals surface area contributed by atoms with Gasteiger partial charge in [0.15, 0.2) is 6.54 Å². The number of thioether (sulfide) groups is 1. The van der Waals surface area contributed by atoms with E-state index in [1.807, 2.05) is 23.1 Å². The van der Waals surface area contributed by atoms with E-state index in [0.717, 1.165) is 26.3 Å². The molecular weight excluding hydrogens is 456 g/mol. The van der Waals surface area contributed by atoms with Crippen molar-refractivity contribution in [3.05, 3.63) is 58.6 Å². The fourth-order valence-corrected chi connectivity index (χ4v) is 6.28. The number of nitrogens with zero attached hydrogens (tertiary/aromatic N) is 2. The predicted molar refractivity (Wildman–Crippen MR) is 131 cm³/mol. The van der Waals surface area contributed by atoms with Gasteiger partial charge in [-0.25, -0.2) is 0 Å². The van der Waals surface area contributed by atoms with Gasteiger partial charge in [0.05, 0.1) is 49.8 Å². The van der Waals surface area contributed by atoms with E-state index in [0.29, 0.717) is 38.6 Å². The molecule has 0 N–H and O–H groups in total. The second-order valence-electron chi connectivity index (χ2n) is 8.32. The number of thiazole rings is 1. The van der Waals surface area contributed by atoms with Crippen LogP contribution in [0.1, 0.15) is 5.01 Å². The maximum absolute atomic E-state index is 5.86. The Morgan fingerprint density at radius 3 is 2.52 bits per heavy atom. The van der Waals surface area contributed by atoms with Gasteiger partial charge in [0.25, 0.3) is 5.01 Å². The van der Waals surface area contributed by atoms with Gasteiger partial charge in [-0.15, -0.1) is 0 Å². The van der Waals surface area contributed by atoms with Gasteiger partial charge >= 0.3 is 0 Å². The van der Waals surface area contributed by atoms with E-state index in [4.69, 9.17) is 18.9 Å². The summed E-state index contributed by atoms with van der Waals surface area (Å²) in [6.07, 6.45) is 2.92. The summed E-state index contributed by atoms with van der Waals surface area (Å²) in [5.74, 6) is 0. The molecule has 4 heterocycles. The highest BCUT2D eigenvalue weighted by molar-refractivity contribution is 8.03. The fourth-order valence-electron chi connectivity index (χ4n) is 3.96. The standard InChI is InChI=1S/C25H27N2O4S2/c1-3-7-22-20(5-1)26(9-11-28-14-18-16-30-18)24(32-22)13-25-27(10-12-29-15-19-17-31-19)21-6-2-4-8-23(21)33-25/h1-8,13,18-19H,9-12,14-17H2/q+1. The number of rotatable bonds is 11. The van der Waals surface area contributed by atoms with Gasteiger partial charge in [-0.3, -0.25) is 0 Å². The van der Waals surface area contributed by atoms with Crippen LogP contribution in [0, 0.1) is 0 Å². The zero-order valence-corrected chi connectivity index (χ0v) is 20.0. The maximum atomic E-state index is 5.86. The summed E-state index contributed by atoms with van der Waals surface area (Å²) >= 11 is 3.65. The van der Waals surface area contributed by atoms with E-state index >= 15 is 0 Å². The Morgan fingerprint density at radius 1 is 0.970 bits per heavy atom. The molecule has 2 unspecified atom stereocenters. The molecule has 2 aromatic carbocycles. The third kappa shape index (κ3) is 5.11. The van der Waals surface area contributed by atoms with E-state index in [1.165, 1.54) is 30.8 Å². The number of para-hydroxylation sites is 2. The van der Waals surface area contributed by atoms with E-state index < -0.39 is 0 Å². The molecule has 0 amide bonds. The summed E-state index contributed by atoms with van der Waals surface area (Å²) in [5, 5.41) is 2.46. The largest absolute Gasteiger partial charge is 0.377 e. The normalized spacial score (nSPS) is 22.3. The van der Waals surface area contributed by atoms with Crippen LogP contribution >= 0.6 is 23.1 Å². The van der Waals surface area contributed by atoms with Crippen LogP contribution in [-0.2, 0) is 25.5 Å². The third-order valence-electron chi connectivity index (χ3n) is 5.85. The lowest BCUT2D eigenvalue weighted by Crippen LogP contribution is -2.37. The molecule has 2 saturated heterocycles. The summed E-state index contributed by atoms with van der Waals surface area (Å²) in [4.78, 5) is 3.67. The minimum Gasteiger partial charge on any atom is -0.377 e. The van der Waals surface area contributed by atoms with Crippen LogP contribution in [0.3, 0.4) is 0 Å². The van der Waals surface area contributed by atoms with Gasteiger partial charge in [0.1, 0.15) is 23.5 Å². The van der Waals surface area contributed by atoms with Crippen LogP contribution in [-0.4, -0.2) is 58.4 Å². The van der Waals surface area contributed by atoms with Crippen LogP contribution in [0.25, 0.3) is 16.3 Å². The zero-order chi connectivity index (χ0) is 22.0. The number of anilines is 1. The molecule has 6 rings (SSSR count). The van der Waals surface area contributed by atoms with Crippen LogP contribution in [0.5, 0.6) is 0 Å². The Morgan fingerprint density at radius 2 is 1.70 bits per heavy atom. The number of ether oxygens (including phenoxy) is 4. The fraction of sp³-hybridized carbons (Fsp3) is 0.400. The lowest BCUT2D eigenvalue weighted by Gasteiger charge is -2.20. The highest BCUT2D eigenvalue weighted by Crippen LogP contribution is 2.46. The summed E-state index contributed by atoms with van der Waals surface area (Å²) in [7, 11) is 0. The lowest BCUT2D eigenvalue weighted by atomic mass is 10.3. The Balaban J connectivity index is 1.25. The summed E-state index contributed by atoms with van der Waals surface area (Å²) in [6.45, 7) is 6.02. The molecule has 0 saturated carbocycles. The molecule has 2 fully saturated rings. The number of hydrogen-bond donors (Lipinski definition) is 0. The van der Waals surface area contributed by atoms with E-state index in [-0.39, 0.29) is 0 Å². The van der Waals surface area contributed by atoms with Gasteiger partial charge < -0.3 is 23.8 Å². The van der Waals surface area contributed by atoms with Gasteiger partial charge in [-0.05, 0) is 18.2 Å². The van der Waals surface area contributed by atoms with Gasteiger partial charge in [-0.2, -0.15) is 4.57 Å². The summed E-state index contributed by atoms with van der Waals surface area (Å²) in [6, 6.07) is 17.2. The molecule has 0 bridgehead atoms. The molecule has 8 heteroatoms. The molecule has 0 spiro atoms. The molecular formula is C25H27N2O4S2+. The topological polar surface area (TPSA) is 50.6 Å². The lowest BCUT2D eigenvalue weighted by molar-refractivity contribution is -0.670. The molecule has 172 valence electrons.